The van der Waals surface area contributed by atoms with Crippen LogP contribution in [0.1, 0.15) is 73.3 Å². The van der Waals surface area contributed by atoms with Gasteiger partial charge in [-0.3, -0.25) is 0 Å². The number of benzene rings is 1. The van der Waals surface area contributed by atoms with Gasteiger partial charge >= 0.3 is 13.2 Å². The monoisotopic (exact) mass is 431 g/mol. The smallest absolute Gasteiger partial charge is 0.494 e. The Bertz CT molecular complexity index is 801. The van der Waals surface area contributed by atoms with Crippen LogP contribution >= 0.6 is 0 Å². The minimum Gasteiger partial charge on any atom is -0.497 e. The minimum atomic E-state index is -0.484. The van der Waals surface area contributed by atoms with Crippen molar-refractivity contribution < 1.29 is 23.6 Å². The first-order valence-electron chi connectivity index (χ1n) is 11.2. The van der Waals surface area contributed by atoms with E-state index in [0.717, 1.165) is 17.6 Å². The maximum atomic E-state index is 12.5. The van der Waals surface area contributed by atoms with Crippen LogP contribution in [0.15, 0.2) is 18.2 Å². The number of hydrogen-bond acceptors (Lipinski definition) is 5. The number of rotatable bonds is 3. The first-order chi connectivity index (χ1) is 14.2. The Morgan fingerprint density at radius 1 is 1.13 bits per heavy atom. The van der Waals surface area contributed by atoms with Gasteiger partial charge in [0.2, 0.25) is 0 Å². The van der Waals surface area contributed by atoms with E-state index < -0.39 is 23.9 Å². The second-order valence-electron chi connectivity index (χ2n) is 10.9. The number of hydrogen-bond donors (Lipinski definition) is 0. The molecular formula is C24H38BNO5. The molecule has 0 saturated carbocycles. The molecule has 2 fully saturated rings. The number of amides is 1. The number of carbonyl (C=O) groups excluding carboxylic acids is 1. The summed E-state index contributed by atoms with van der Waals surface area (Å²) in [4.78, 5) is 14.3. The molecule has 0 aliphatic carbocycles. The molecule has 3 rings (SSSR count). The van der Waals surface area contributed by atoms with E-state index in [1.807, 2.05) is 31.7 Å². The van der Waals surface area contributed by atoms with Gasteiger partial charge in [-0.1, -0.05) is 13.0 Å². The fourth-order valence-electron chi connectivity index (χ4n) is 4.23. The summed E-state index contributed by atoms with van der Waals surface area (Å²) in [6.45, 7) is 17.5. The van der Waals surface area contributed by atoms with Crippen LogP contribution in [-0.4, -0.2) is 55.1 Å². The van der Waals surface area contributed by atoms with Crippen molar-refractivity contribution in [2.75, 3.05) is 20.2 Å². The van der Waals surface area contributed by atoms with Gasteiger partial charge in [0, 0.05) is 13.1 Å². The second kappa shape index (κ2) is 8.32. The van der Waals surface area contributed by atoms with E-state index in [1.165, 1.54) is 5.56 Å². The summed E-state index contributed by atoms with van der Waals surface area (Å²) in [5.41, 5.74) is 0.886. The highest BCUT2D eigenvalue weighted by atomic mass is 16.7. The van der Waals surface area contributed by atoms with Gasteiger partial charge in [-0.15, -0.1) is 0 Å². The highest BCUT2D eigenvalue weighted by Gasteiger charge is 2.52. The summed E-state index contributed by atoms with van der Waals surface area (Å²) in [6, 6.07) is 6.26. The molecule has 31 heavy (non-hydrogen) atoms. The van der Waals surface area contributed by atoms with Crippen molar-refractivity contribution >= 4 is 18.7 Å². The number of nitrogens with zero attached hydrogens (tertiary/aromatic N) is 1. The van der Waals surface area contributed by atoms with Crippen LogP contribution in [0.4, 0.5) is 4.79 Å². The molecule has 1 amide bonds. The lowest BCUT2D eigenvalue weighted by atomic mass is 9.74. The van der Waals surface area contributed by atoms with Gasteiger partial charge in [0.1, 0.15) is 11.4 Å². The largest absolute Gasteiger partial charge is 0.497 e. The molecule has 2 heterocycles. The van der Waals surface area contributed by atoms with Gasteiger partial charge < -0.3 is 23.7 Å². The molecule has 2 unspecified atom stereocenters. The lowest BCUT2D eigenvalue weighted by Crippen LogP contribution is -2.44. The van der Waals surface area contributed by atoms with Crippen LogP contribution < -0.4 is 10.2 Å². The number of likely N-dealkylation sites (tertiary alicyclic amines) is 1. The molecule has 1 aromatic rings. The van der Waals surface area contributed by atoms with Gasteiger partial charge in [-0.25, -0.2) is 4.79 Å². The summed E-state index contributed by atoms with van der Waals surface area (Å²) >= 11 is 0. The van der Waals surface area contributed by atoms with E-state index in [1.54, 1.807) is 7.11 Å². The zero-order valence-corrected chi connectivity index (χ0v) is 20.6. The molecule has 2 atom stereocenters. The summed E-state index contributed by atoms with van der Waals surface area (Å²) in [5.74, 6) is 1.40. The quantitative estimate of drug-likeness (QED) is 0.666. The highest BCUT2D eigenvalue weighted by molar-refractivity contribution is 6.62. The highest BCUT2D eigenvalue weighted by Crippen LogP contribution is 2.38. The first kappa shape index (κ1) is 23.9. The van der Waals surface area contributed by atoms with E-state index in [0.29, 0.717) is 24.9 Å². The Hall–Kier alpha value is -1.73. The molecule has 6 nitrogen and oxygen atoms in total. The number of methoxy groups -OCH3 is 1. The van der Waals surface area contributed by atoms with E-state index in [4.69, 9.17) is 18.8 Å². The van der Waals surface area contributed by atoms with Crippen LogP contribution in [0.25, 0.3) is 0 Å². The zero-order chi connectivity index (χ0) is 23.2. The Morgan fingerprint density at radius 3 is 2.26 bits per heavy atom. The molecule has 172 valence electrons. The summed E-state index contributed by atoms with van der Waals surface area (Å²) in [6.07, 6.45) is 0.637. The lowest BCUT2D eigenvalue weighted by Gasteiger charge is -2.38. The lowest BCUT2D eigenvalue weighted by molar-refractivity contribution is 0.00578. The van der Waals surface area contributed by atoms with Gasteiger partial charge in [0.05, 0.1) is 18.3 Å². The van der Waals surface area contributed by atoms with Crippen molar-refractivity contribution in [2.45, 2.75) is 84.5 Å². The Balaban J connectivity index is 1.79. The average molecular weight is 431 g/mol. The molecule has 1 aromatic carbocycles. The van der Waals surface area contributed by atoms with E-state index >= 15 is 0 Å². The van der Waals surface area contributed by atoms with Crippen LogP contribution in [0, 0.1) is 5.92 Å². The van der Waals surface area contributed by atoms with Crippen molar-refractivity contribution in [2.24, 2.45) is 5.92 Å². The Kier molecular flexibility index (Phi) is 6.42. The van der Waals surface area contributed by atoms with Crippen molar-refractivity contribution in [3.8, 4) is 5.75 Å². The zero-order valence-electron chi connectivity index (χ0n) is 20.6. The number of piperidine rings is 1. The fourth-order valence-corrected chi connectivity index (χ4v) is 4.23. The summed E-state index contributed by atoms with van der Waals surface area (Å²) in [7, 11) is 1.25. The topological polar surface area (TPSA) is 57.2 Å². The predicted molar refractivity (Wildman–Crippen MR) is 123 cm³/mol. The van der Waals surface area contributed by atoms with Gasteiger partial charge in [-0.05, 0) is 89.9 Å². The van der Waals surface area contributed by atoms with Crippen LogP contribution in [0.2, 0.25) is 0 Å². The molecule has 0 spiro atoms. The second-order valence-corrected chi connectivity index (χ2v) is 10.9. The van der Waals surface area contributed by atoms with Gasteiger partial charge in [0.15, 0.2) is 0 Å². The minimum absolute atomic E-state index is 0.235. The van der Waals surface area contributed by atoms with E-state index in [2.05, 4.69) is 46.8 Å². The van der Waals surface area contributed by atoms with Crippen LogP contribution in [-0.2, 0) is 14.0 Å². The molecule has 2 aliphatic rings. The average Bonchev–Trinajstić information content (AvgIpc) is 2.87. The molecule has 0 bridgehead atoms. The third kappa shape index (κ3) is 5.20. The van der Waals surface area contributed by atoms with Crippen LogP contribution in [0.5, 0.6) is 5.75 Å². The van der Waals surface area contributed by atoms with Crippen molar-refractivity contribution in [1.82, 2.24) is 4.90 Å². The summed E-state index contributed by atoms with van der Waals surface area (Å²) < 4.78 is 23.7. The van der Waals surface area contributed by atoms with Crippen molar-refractivity contribution in [1.29, 1.82) is 0 Å². The Morgan fingerprint density at radius 2 is 1.74 bits per heavy atom. The van der Waals surface area contributed by atoms with Crippen LogP contribution in [0.3, 0.4) is 0 Å². The molecule has 2 saturated heterocycles. The SMILES string of the molecule is COc1cc(B2OC(C)(C)C(C)(C)O2)cc(C2CCN(C(=O)OC(C)(C)C)CC2C)c1. The van der Waals surface area contributed by atoms with Gasteiger partial charge in [-0.2, -0.15) is 0 Å². The summed E-state index contributed by atoms with van der Waals surface area (Å²) in [5, 5.41) is 0. The van der Waals surface area contributed by atoms with E-state index in [9.17, 15) is 4.79 Å². The standard InChI is InChI=1S/C24H38BNO5/c1-16-15-26(21(27)29-22(2,3)4)11-10-20(16)17-12-18(14-19(13-17)28-9)25-30-23(5,6)24(7,8)31-25/h12-14,16,20H,10-11,15H2,1-9H3. The Labute approximate surface area is 187 Å². The van der Waals surface area contributed by atoms with Crippen molar-refractivity contribution in [3.05, 3.63) is 23.8 Å². The molecule has 0 aromatic heterocycles. The first-order valence-corrected chi connectivity index (χ1v) is 11.2. The third-order valence-corrected chi connectivity index (χ3v) is 6.70. The molecule has 0 N–H and O–H groups in total. The molecule has 0 radical (unpaired) electrons. The fraction of sp³-hybridized carbons (Fsp3) is 0.708. The molecular weight excluding hydrogens is 393 g/mol. The molecule has 2 aliphatic heterocycles. The normalized spacial score (nSPS) is 25.5. The molecule has 7 heteroatoms. The van der Waals surface area contributed by atoms with Crippen molar-refractivity contribution in [3.63, 3.8) is 0 Å². The number of ether oxygens (including phenoxy) is 2. The third-order valence-electron chi connectivity index (χ3n) is 6.70. The maximum Gasteiger partial charge on any atom is 0.494 e. The predicted octanol–water partition coefficient (Wildman–Crippen LogP) is 4.35. The number of carbonyl (C=O) groups is 1. The van der Waals surface area contributed by atoms with Gasteiger partial charge in [0.25, 0.3) is 0 Å². The maximum absolute atomic E-state index is 12.5. The van der Waals surface area contributed by atoms with E-state index in [-0.39, 0.29) is 6.09 Å².